The fourth-order valence-corrected chi connectivity index (χ4v) is 1.71. The SMILES string of the molecule is Cn1ncc2c1CC[C@H](N)C2. The van der Waals surface area contributed by atoms with E-state index >= 15 is 0 Å². The fraction of sp³-hybridized carbons (Fsp3) is 0.625. The Morgan fingerprint density at radius 3 is 3.36 bits per heavy atom. The van der Waals surface area contributed by atoms with Crippen molar-refractivity contribution in [3.63, 3.8) is 0 Å². The van der Waals surface area contributed by atoms with Crippen LogP contribution in [0.1, 0.15) is 17.7 Å². The largest absolute Gasteiger partial charge is 0.327 e. The van der Waals surface area contributed by atoms with Gasteiger partial charge in [0.15, 0.2) is 0 Å². The Balaban J connectivity index is 2.36. The lowest BCUT2D eigenvalue weighted by Gasteiger charge is -2.17. The van der Waals surface area contributed by atoms with Crippen LogP contribution in [0.4, 0.5) is 0 Å². The van der Waals surface area contributed by atoms with Crippen molar-refractivity contribution in [1.82, 2.24) is 9.78 Å². The minimum absolute atomic E-state index is 0.353. The molecule has 0 aromatic carbocycles. The minimum Gasteiger partial charge on any atom is -0.327 e. The number of hydrogen-bond donors (Lipinski definition) is 1. The summed E-state index contributed by atoms with van der Waals surface area (Å²) in [6.45, 7) is 0. The van der Waals surface area contributed by atoms with Crippen molar-refractivity contribution in [2.24, 2.45) is 12.8 Å². The van der Waals surface area contributed by atoms with E-state index in [0.717, 1.165) is 19.3 Å². The van der Waals surface area contributed by atoms with Gasteiger partial charge in [0.25, 0.3) is 0 Å². The number of aryl methyl sites for hydroxylation is 1. The Hall–Kier alpha value is -0.830. The molecule has 2 N–H and O–H groups in total. The van der Waals surface area contributed by atoms with Crippen LogP contribution in [0, 0.1) is 0 Å². The zero-order valence-corrected chi connectivity index (χ0v) is 6.75. The van der Waals surface area contributed by atoms with Crippen LogP contribution in [0.3, 0.4) is 0 Å². The van der Waals surface area contributed by atoms with Crippen molar-refractivity contribution in [3.8, 4) is 0 Å². The van der Waals surface area contributed by atoms with Gasteiger partial charge < -0.3 is 5.73 Å². The van der Waals surface area contributed by atoms with Crippen LogP contribution in [-0.4, -0.2) is 15.8 Å². The Morgan fingerprint density at radius 2 is 2.55 bits per heavy atom. The highest BCUT2D eigenvalue weighted by Gasteiger charge is 2.17. The van der Waals surface area contributed by atoms with Crippen LogP contribution in [0.15, 0.2) is 6.20 Å². The molecule has 0 saturated carbocycles. The van der Waals surface area contributed by atoms with Crippen LogP contribution < -0.4 is 5.73 Å². The molecule has 0 fully saturated rings. The lowest BCUT2D eigenvalue weighted by molar-refractivity contribution is 0.552. The van der Waals surface area contributed by atoms with Crippen LogP contribution >= 0.6 is 0 Å². The molecule has 0 radical (unpaired) electrons. The van der Waals surface area contributed by atoms with Crippen molar-refractivity contribution < 1.29 is 0 Å². The summed E-state index contributed by atoms with van der Waals surface area (Å²) in [6.07, 6.45) is 5.14. The van der Waals surface area contributed by atoms with Gasteiger partial charge in [0.2, 0.25) is 0 Å². The highest BCUT2D eigenvalue weighted by Crippen LogP contribution is 2.18. The highest BCUT2D eigenvalue weighted by molar-refractivity contribution is 5.21. The third-order valence-corrected chi connectivity index (χ3v) is 2.38. The second-order valence-corrected chi connectivity index (χ2v) is 3.24. The second-order valence-electron chi connectivity index (χ2n) is 3.24. The Kier molecular flexibility index (Phi) is 1.46. The third-order valence-electron chi connectivity index (χ3n) is 2.38. The first-order valence-corrected chi connectivity index (χ1v) is 4.02. The summed E-state index contributed by atoms with van der Waals surface area (Å²) in [5, 5.41) is 4.19. The number of aromatic nitrogens is 2. The monoisotopic (exact) mass is 151 g/mol. The molecule has 0 bridgehead atoms. The van der Waals surface area contributed by atoms with Crippen LogP contribution in [0.25, 0.3) is 0 Å². The number of nitrogens with two attached hydrogens (primary N) is 1. The first kappa shape index (κ1) is 6.85. The summed E-state index contributed by atoms with van der Waals surface area (Å²) in [5.74, 6) is 0. The highest BCUT2D eigenvalue weighted by atomic mass is 15.3. The van der Waals surface area contributed by atoms with E-state index in [9.17, 15) is 0 Å². The number of fused-ring (bicyclic) bond motifs is 1. The normalized spacial score (nSPS) is 23.3. The van der Waals surface area contributed by atoms with Crippen LogP contribution in [-0.2, 0) is 19.9 Å². The van der Waals surface area contributed by atoms with Crippen LogP contribution in [0.5, 0.6) is 0 Å². The van der Waals surface area contributed by atoms with Crippen LogP contribution in [0.2, 0.25) is 0 Å². The van der Waals surface area contributed by atoms with Gasteiger partial charge in [0.1, 0.15) is 0 Å². The summed E-state index contributed by atoms with van der Waals surface area (Å²) in [5.41, 5.74) is 8.53. The molecule has 1 aromatic heterocycles. The molecule has 0 amide bonds. The molecule has 1 aliphatic rings. The van der Waals surface area contributed by atoms with E-state index in [1.807, 2.05) is 17.9 Å². The minimum atomic E-state index is 0.353. The standard InChI is InChI=1S/C8H13N3/c1-11-8-3-2-7(9)4-6(8)5-10-11/h5,7H,2-4,9H2,1H3/t7-/m0/s1. The van der Waals surface area contributed by atoms with Gasteiger partial charge in [-0.3, -0.25) is 4.68 Å². The van der Waals surface area contributed by atoms with Gasteiger partial charge in [0.05, 0.1) is 6.20 Å². The zero-order chi connectivity index (χ0) is 7.84. The van der Waals surface area contributed by atoms with Crippen molar-refractivity contribution in [2.75, 3.05) is 0 Å². The van der Waals surface area contributed by atoms with E-state index in [1.165, 1.54) is 11.3 Å². The quantitative estimate of drug-likeness (QED) is 0.577. The van der Waals surface area contributed by atoms with Gasteiger partial charge in [-0.05, 0) is 24.8 Å². The van der Waals surface area contributed by atoms with Gasteiger partial charge in [-0.15, -0.1) is 0 Å². The van der Waals surface area contributed by atoms with E-state index in [0.29, 0.717) is 6.04 Å². The molecular weight excluding hydrogens is 138 g/mol. The van der Waals surface area contributed by atoms with Crippen molar-refractivity contribution in [3.05, 3.63) is 17.5 Å². The number of hydrogen-bond acceptors (Lipinski definition) is 2. The summed E-state index contributed by atoms with van der Waals surface area (Å²) >= 11 is 0. The van der Waals surface area contributed by atoms with E-state index in [4.69, 9.17) is 5.73 Å². The van der Waals surface area contributed by atoms with Crippen molar-refractivity contribution in [2.45, 2.75) is 25.3 Å². The lowest BCUT2D eigenvalue weighted by Crippen LogP contribution is -2.28. The third kappa shape index (κ3) is 1.05. The van der Waals surface area contributed by atoms with E-state index in [-0.39, 0.29) is 0 Å². The lowest BCUT2D eigenvalue weighted by atomic mass is 9.94. The molecule has 3 heteroatoms. The molecule has 0 unspecified atom stereocenters. The molecule has 0 spiro atoms. The first-order chi connectivity index (χ1) is 5.27. The molecule has 2 rings (SSSR count). The summed E-state index contributed by atoms with van der Waals surface area (Å²) in [7, 11) is 2.00. The number of nitrogens with zero attached hydrogens (tertiary/aromatic N) is 2. The van der Waals surface area contributed by atoms with Gasteiger partial charge in [-0.1, -0.05) is 0 Å². The van der Waals surface area contributed by atoms with Gasteiger partial charge in [-0.25, -0.2) is 0 Å². The topological polar surface area (TPSA) is 43.8 Å². The summed E-state index contributed by atoms with van der Waals surface area (Å²) in [4.78, 5) is 0. The summed E-state index contributed by atoms with van der Waals surface area (Å²) in [6, 6.07) is 0.353. The second kappa shape index (κ2) is 2.34. The van der Waals surface area contributed by atoms with Gasteiger partial charge >= 0.3 is 0 Å². The van der Waals surface area contributed by atoms with E-state index in [1.54, 1.807) is 0 Å². The van der Waals surface area contributed by atoms with E-state index in [2.05, 4.69) is 5.10 Å². The molecular formula is C8H13N3. The predicted molar refractivity (Wildman–Crippen MR) is 43.2 cm³/mol. The maximum Gasteiger partial charge on any atom is 0.0525 e. The Labute approximate surface area is 66.2 Å². The fourth-order valence-electron chi connectivity index (χ4n) is 1.71. The smallest absolute Gasteiger partial charge is 0.0525 e. The molecule has 1 aliphatic carbocycles. The summed E-state index contributed by atoms with van der Waals surface area (Å²) < 4.78 is 1.96. The molecule has 0 saturated heterocycles. The average molecular weight is 151 g/mol. The van der Waals surface area contributed by atoms with Gasteiger partial charge in [-0.2, -0.15) is 5.10 Å². The Morgan fingerprint density at radius 1 is 1.73 bits per heavy atom. The molecule has 3 nitrogen and oxygen atoms in total. The predicted octanol–water partition coefficient (Wildman–Crippen LogP) is 0.236. The zero-order valence-electron chi connectivity index (χ0n) is 6.75. The molecule has 60 valence electrons. The molecule has 1 heterocycles. The maximum atomic E-state index is 5.82. The molecule has 1 aromatic rings. The molecule has 0 aliphatic heterocycles. The first-order valence-electron chi connectivity index (χ1n) is 4.02. The maximum absolute atomic E-state index is 5.82. The Bertz CT molecular complexity index is 264. The number of rotatable bonds is 0. The van der Waals surface area contributed by atoms with E-state index < -0.39 is 0 Å². The average Bonchev–Trinajstić information content (AvgIpc) is 2.32. The van der Waals surface area contributed by atoms with Crippen molar-refractivity contribution >= 4 is 0 Å². The molecule has 1 atom stereocenters. The van der Waals surface area contributed by atoms with Crippen molar-refractivity contribution in [1.29, 1.82) is 0 Å². The van der Waals surface area contributed by atoms with Gasteiger partial charge in [0, 0.05) is 18.8 Å². The molecule has 11 heavy (non-hydrogen) atoms.